The van der Waals surface area contributed by atoms with E-state index in [4.69, 9.17) is 10.8 Å². The molecule has 1 rings (SSSR count). The van der Waals surface area contributed by atoms with Crippen molar-refractivity contribution in [1.29, 1.82) is 0 Å². The van der Waals surface area contributed by atoms with Gasteiger partial charge in [-0.2, -0.15) is 0 Å². The number of phenols is 1. The molecule has 0 unspecified atom stereocenters. The van der Waals surface area contributed by atoms with Crippen molar-refractivity contribution in [2.75, 3.05) is 12.8 Å². The predicted octanol–water partition coefficient (Wildman–Crippen LogP) is 1.26. The molecule has 0 aliphatic carbocycles. The van der Waals surface area contributed by atoms with Gasteiger partial charge in [0.15, 0.2) is 23.1 Å². The molecule has 3 N–H and O–H groups in total. The van der Waals surface area contributed by atoms with E-state index < -0.39 is 23.1 Å². The number of nitrogens with two attached hydrogens (primary N) is 1. The third kappa shape index (κ3) is 1.13. The molecule has 3 nitrogen and oxygen atoms in total. The van der Waals surface area contributed by atoms with Crippen molar-refractivity contribution in [2.24, 2.45) is 0 Å². The van der Waals surface area contributed by atoms with Crippen molar-refractivity contribution >= 4 is 5.69 Å². The van der Waals surface area contributed by atoms with Crippen LogP contribution in [0.5, 0.6) is 11.5 Å². The van der Waals surface area contributed by atoms with Crippen molar-refractivity contribution in [3.63, 3.8) is 0 Å². The van der Waals surface area contributed by atoms with Crippen LogP contribution in [0.4, 0.5) is 14.5 Å². The lowest BCUT2D eigenvalue weighted by Gasteiger charge is -2.06. The number of rotatable bonds is 1. The van der Waals surface area contributed by atoms with Crippen LogP contribution in [0, 0.1) is 11.6 Å². The zero-order valence-electron chi connectivity index (χ0n) is 6.27. The van der Waals surface area contributed by atoms with Gasteiger partial charge in [0.1, 0.15) is 5.69 Å². The number of phenolic OH excluding ortho intramolecular Hbond substituents is 1. The highest BCUT2D eigenvalue weighted by atomic mass is 19.2. The van der Waals surface area contributed by atoms with Gasteiger partial charge >= 0.3 is 0 Å². The fraction of sp³-hybridized carbons (Fsp3) is 0.143. The van der Waals surface area contributed by atoms with Gasteiger partial charge in [-0.3, -0.25) is 0 Å². The Morgan fingerprint density at radius 1 is 1.50 bits per heavy atom. The van der Waals surface area contributed by atoms with E-state index >= 15 is 0 Å². The summed E-state index contributed by atoms with van der Waals surface area (Å²) in [5, 5.41) is 9.05. The Hall–Kier alpha value is -1.52. The molecule has 0 radical (unpaired) electrons. The highest BCUT2D eigenvalue weighted by molar-refractivity contribution is 5.60. The summed E-state index contributed by atoms with van der Waals surface area (Å²) < 4.78 is 29.7. The Morgan fingerprint density at radius 3 is 2.58 bits per heavy atom. The lowest BCUT2D eigenvalue weighted by molar-refractivity contribution is 0.366. The van der Waals surface area contributed by atoms with Crippen molar-refractivity contribution in [1.82, 2.24) is 0 Å². The molecule has 0 aromatic heterocycles. The van der Waals surface area contributed by atoms with E-state index in [0.717, 1.165) is 6.07 Å². The van der Waals surface area contributed by atoms with E-state index in [0.29, 0.717) is 0 Å². The highest BCUT2D eigenvalue weighted by Crippen LogP contribution is 2.35. The Morgan fingerprint density at radius 2 is 2.08 bits per heavy atom. The summed E-state index contributed by atoms with van der Waals surface area (Å²) in [5.41, 5.74) is 4.37. The van der Waals surface area contributed by atoms with Crippen LogP contribution >= 0.6 is 0 Å². The standard InChI is InChI=1S/C7H7F2NO2/c1-12-4-2-3(8)5(9)6(10)7(4)11/h2,11H,10H2,1H3. The molecule has 5 heteroatoms. The molecule has 0 fully saturated rings. The molecule has 0 amide bonds. The topological polar surface area (TPSA) is 55.5 Å². The molecule has 0 aliphatic heterocycles. The minimum absolute atomic E-state index is 0.189. The fourth-order valence-corrected chi connectivity index (χ4v) is 0.768. The number of hydrogen-bond acceptors (Lipinski definition) is 3. The first-order chi connectivity index (χ1) is 5.57. The van der Waals surface area contributed by atoms with Crippen LogP contribution in [0.1, 0.15) is 0 Å². The molecule has 0 aliphatic rings. The Balaban J connectivity index is 3.39. The molecule has 0 bridgehead atoms. The molecule has 66 valence electrons. The molecule has 0 spiro atoms. The number of hydrogen-bond donors (Lipinski definition) is 2. The third-order valence-corrected chi connectivity index (χ3v) is 1.41. The summed E-state index contributed by atoms with van der Waals surface area (Å²) in [6.45, 7) is 0. The number of methoxy groups -OCH3 is 1. The summed E-state index contributed by atoms with van der Waals surface area (Å²) >= 11 is 0. The van der Waals surface area contributed by atoms with E-state index in [2.05, 4.69) is 4.74 Å². The van der Waals surface area contributed by atoms with Crippen molar-refractivity contribution in [3.8, 4) is 11.5 Å². The lowest BCUT2D eigenvalue weighted by atomic mass is 10.2. The molecular weight excluding hydrogens is 168 g/mol. The Bertz CT molecular complexity index is 315. The van der Waals surface area contributed by atoms with Crippen LogP contribution < -0.4 is 10.5 Å². The molecule has 12 heavy (non-hydrogen) atoms. The maximum absolute atomic E-state index is 12.6. The smallest absolute Gasteiger partial charge is 0.185 e. The summed E-state index contributed by atoms with van der Waals surface area (Å²) in [4.78, 5) is 0. The monoisotopic (exact) mass is 175 g/mol. The maximum atomic E-state index is 12.6. The van der Waals surface area contributed by atoms with E-state index in [1.807, 2.05) is 0 Å². The zero-order chi connectivity index (χ0) is 9.30. The van der Waals surface area contributed by atoms with Gasteiger partial charge in [0, 0.05) is 6.07 Å². The summed E-state index contributed by atoms with van der Waals surface area (Å²) in [7, 11) is 1.21. The first-order valence-electron chi connectivity index (χ1n) is 3.08. The largest absolute Gasteiger partial charge is 0.503 e. The zero-order valence-corrected chi connectivity index (χ0v) is 6.27. The SMILES string of the molecule is COc1cc(F)c(F)c(N)c1O. The van der Waals surface area contributed by atoms with E-state index in [1.165, 1.54) is 7.11 Å². The minimum atomic E-state index is -1.27. The Labute approximate surface area is 67.4 Å². The predicted molar refractivity (Wildman–Crippen MR) is 39.0 cm³/mol. The molecule has 0 heterocycles. The average molecular weight is 175 g/mol. The van der Waals surface area contributed by atoms with Crippen molar-refractivity contribution in [2.45, 2.75) is 0 Å². The van der Waals surface area contributed by atoms with Gasteiger partial charge in [0.25, 0.3) is 0 Å². The Kier molecular flexibility index (Phi) is 2.03. The molecule has 0 saturated carbocycles. The quantitative estimate of drug-likeness (QED) is 0.499. The van der Waals surface area contributed by atoms with Crippen LogP contribution in [0.15, 0.2) is 6.07 Å². The molecule has 0 atom stereocenters. The van der Waals surface area contributed by atoms with Gasteiger partial charge in [0.2, 0.25) is 0 Å². The summed E-state index contributed by atoms with van der Waals surface area (Å²) in [5.74, 6) is -3.20. The second-order valence-corrected chi connectivity index (χ2v) is 2.14. The fourth-order valence-electron chi connectivity index (χ4n) is 0.768. The van der Waals surface area contributed by atoms with Crippen LogP contribution in [0.25, 0.3) is 0 Å². The summed E-state index contributed by atoms with van der Waals surface area (Å²) in [6.07, 6.45) is 0. The number of anilines is 1. The number of halogens is 2. The second kappa shape index (κ2) is 2.84. The molecule has 1 aromatic carbocycles. The molecular formula is C7H7F2NO2. The van der Waals surface area contributed by atoms with E-state index in [-0.39, 0.29) is 5.75 Å². The lowest BCUT2D eigenvalue weighted by Crippen LogP contribution is -1.97. The van der Waals surface area contributed by atoms with E-state index in [1.54, 1.807) is 0 Å². The highest BCUT2D eigenvalue weighted by Gasteiger charge is 2.15. The van der Waals surface area contributed by atoms with Crippen LogP contribution in [-0.4, -0.2) is 12.2 Å². The van der Waals surface area contributed by atoms with Gasteiger partial charge in [-0.1, -0.05) is 0 Å². The number of aromatic hydroxyl groups is 1. The maximum Gasteiger partial charge on any atom is 0.185 e. The van der Waals surface area contributed by atoms with E-state index in [9.17, 15) is 8.78 Å². The van der Waals surface area contributed by atoms with Crippen LogP contribution in [-0.2, 0) is 0 Å². The average Bonchev–Trinajstić information content (AvgIpc) is 2.08. The van der Waals surface area contributed by atoms with Gasteiger partial charge < -0.3 is 15.6 Å². The molecule has 1 aromatic rings. The number of ether oxygens (including phenoxy) is 1. The minimum Gasteiger partial charge on any atom is -0.503 e. The molecule has 0 saturated heterocycles. The third-order valence-electron chi connectivity index (χ3n) is 1.41. The van der Waals surface area contributed by atoms with Gasteiger partial charge in [-0.15, -0.1) is 0 Å². The van der Waals surface area contributed by atoms with Crippen LogP contribution in [0.3, 0.4) is 0 Å². The van der Waals surface area contributed by atoms with Gasteiger partial charge in [0.05, 0.1) is 7.11 Å². The van der Waals surface area contributed by atoms with Crippen molar-refractivity contribution in [3.05, 3.63) is 17.7 Å². The van der Waals surface area contributed by atoms with Gasteiger partial charge in [-0.05, 0) is 0 Å². The number of benzene rings is 1. The first kappa shape index (κ1) is 8.58. The summed E-state index contributed by atoms with van der Waals surface area (Å²) in [6, 6.07) is 0.723. The number of nitrogen functional groups attached to an aromatic ring is 1. The normalized spacial score (nSPS) is 9.92. The first-order valence-corrected chi connectivity index (χ1v) is 3.08. The van der Waals surface area contributed by atoms with Crippen LogP contribution in [0.2, 0.25) is 0 Å². The van der Waals surface area contributed by atoms with Gasteiger partial charge in [-0.25, -0.2) is 8.78 Å². The van der Waals surface area contributed by atoms with Crippen molar-refractivity contribution < 1.29 is 18.6 Å². The second-order valence-electron chi connectivity index (χ2n) is 2.14.